The van der Waals surface area contributed by atoms with Crippen LogP contribution in [0.5, 0.6) is 5.75 Å². The molecule has 2 atom stereocenters. The molecule has 2 aromatic rings. The van der Waals surface area contributed by atoms with Crippen molar-refractivity contribution in [1.29, 1.82) is 0 Å². The number of benzene rings is 1. The third-order valence-corrected chi connectivity index (χ3v) is 5.11. The summed E-state index contributed by atoms with van der Waals surface area (Å²) in [4.78, 5) is 24.5. The quantitative estimate of drug-likeness (QED) is 0.597. The lowest BCUT2D eigenvalue weighted by Gasteiger charge is -2.21. The average molecular weight is 427 g/mol. The molecule has 1 aromatic heterocycles. The molecule has 0 aliphatic heterocycles. The number of ether oxygens (including phenoxy) is 1. The molecule has 7 nitrogen and oxygen atoms in total. The summed E-state index contributed by atoms with van der Waals surface area (Å²) in [6.07, 6.45) is 0.488. The summed E-state index contributed by atoms with van der Waals surface area (Å²) in [5, 5.41) is 8.58. The molecule has 0 aliphatic carbocycles. The number of rotatable bonds is 10. The highest BCUT2D eigenvalue weighted by Crippen LogP contribution is 2.28. The van der Waals surface area contributed by atoms with Crippen LogP contribution in [0, 0.1) is 6.92 Å². The number of aryl methyl sites for hydroxylation is 1. The van der Waals surface area contributed by atoms with Crippen LogP contribution in [0.4, 0.5) is 14.6 Å². The van der Waals surface area contributed by atoms with Crippen molar-refractivity contribution in [1.82, 2.24) is 10.5 Å². The van der Waals surface area contributed by atoms with Gasteiger partial charge in [-0.25, -0.2) is 0 Å². The lowest BCUT2D eigenvalue weighted by atomic mass is 10.0. The van der Waals surface area contributed by atoms with E-state index in [0.717, 1.165) is 11.8 Å². The fraction of sp³-hybridized carbons (Fsp3) is 0.421. The second-order valence-corrected chi connectivity index (χ2v) is 7.54. The second-order valence-electron chi connectivity index (χ2n) is 6.21. The Kier molecular flexibility index (Phi) is 8.44. The highest BCUT2D eigenvalue weighted by Gasteiger charge is 2.21. The highest BCUT2D eigenvalue weighted by molar-refractivity contribution is 8.01. The van der Waals surface area contributed by atoms with Gasteiger partial charge in [0.15, 0.2) is 5.82 Å². The van der Waals surface area contributed by atoms with Gasteiger partial charge in [0.05, 0.1) is 17.0 Å². The number of alkyl halides is 2. The molecule has 0 aliphatic rings. The maximum absolute atomic E-state index is 12.6. The summed E-state index contributed by atoms with van der Waals surface area (Å²) < 4.78 is 34.6. The first-order valence-electron chi connectivity index (χ1n) is 8.99. The van der Waals surface area contributed by atoms with Crippen LogP contribution in [0.1, 0.15) is 37.6 Å². The number of nitrogens with one attached hydrogen (secondary N) is 2. The summed E-state index contributed by atoms with van der Waals surface area (Å²) in [5.74, 6) is 0.316. The number of carbonyl (C=O) groups is 2. The number of hydrogen-bond donors (Lipinski definition) is 2. The minimum absolute atomic E-state index is 0.0259. The largest absolute Gasteiger partial charge is 0.434 e. The first kappa shape index (κ1) is 22.7. The van der Waals surface area contributed by atoms with Crippen molar-refractivity contribution in [2.75, 3.05) is 11.1 Å². The second kappa shape index (κ2) is 10.8. The Bertz CT molecular complexity index is 831. The van der Waals surface area contributed by atoms with E-state index in [0.29, 0.717) is 23.6 Å². The summed E-state index contributed by atoms with van der Waals surface area (Å²) in [5.41, 5.74) is 0.473. The van der Waals surface area contributed by atoms with Crippen molar-refractivity contribution in [3.8, 4) is 5.75 Å². The number of amides is 2. The third kappa shape index (κ3) is 7.04. The number of carbonyl (C=O) groups excluding carboxylic acids is 2. The van der Waals surface area contributed by atoms with Crippen molar-refractivity contribution in [2.24, 2.45) is 0 Å². The predicted octanol–water partition coefficient (Wildman–Crippen LogP) is 3.91. The molecule has 0 radical (unpaired) electrons. The maximum Gasteiger partial charge on any atom is 0.387 e. The van der Waals surface area contributed by atoms with Crippen molar-refractivity contribution >= 4 is 29.4 Å². The Morgan fingerprint density at radius 1 is 1.31 bits per heavy atom. The minimum Gasteiger partial charge on any atom is -0.434 e. The molecular formula is C19H23F2N3O4S. The lowest BCUT2D eigenvalue weighted by molar-refractivity contribution is -0.119. The van der Waals surface area contributed by atoms with Gasteiger partial charge in [-0.15, -0.1) is 11.8 Å². The smallest absolute Gasteiger partial charge is 0.387 e. The van der Waals surface area contributed by atoms with Crippen LogP contribution in [0.2, 0.25) is 0 Å². The van der Waals surface area contributed by atoms with E-state index in [1.54, 1.807) is 38.1 Å². The van der Waals surface area contributed by atoms with Crippen molar-refractivity contribution in [3.05, 3.63) is 41.7 Å². The predicted molar refractivity (Wildman–Crippen MR) is 106 cm³/mol. The molecule has 158 valence electrons. The maximum atomic E-state index is 12.6. The number of halogens is 2. The zero-order chi connectivity index (χ0) is 21.4. The van der Waals surface area contributed by atoms with E-state index in [1.165, 1.54) is 6.07 Å². The molecule has 29 heavy (non-hydrogen) atoms. The summed E-state index contributed by atoms with van der Waals surface area (Å²) in [6.45, 7) is 2.25. The molecule has 2 unspecified atom stereocenters. The highest BCUT2D eigenvalue weighted by atomic mass is 32.2. The molecule has 0 bridgehead atoms. The first-order chi connectivity index (χ1) is 13.8. The van der Waals surface area contributed by atoms with Gasteiger partial charge in [0.25, 0.3) is 0 Å². The molecule has 0 fully saturated rings. The molecule has 10 heteroatoms. The molecule has 2 amide bonds. The Morgan fingerprint density at radius 3 is 2.66 bits per heavy atom. The van der Waals surface area contributed by atoms with Crippen LogP contribution in [0.25, 0.3) is 0 Å². The molecule has 0 saturated carbocycles. The van der Waals surface area contributed by atoms with Gasteiger partial charge in [-0.05, 0) is 26.3 Å². The fourth-order valence-corrected chi connectivity index (χ4v) is 3.23. The van der Waals surface area contributed by atoms with E-state index >= 15 is 0 Å². The summed E-state index contributed by atoms with van der Waals surface area (Å²) >= 11 is 1.15. The van der Waals surface area contributed by atoms with Crippen molar-refractivity contribution < 1.29 is 27.6 Å². The van der Waals surface area contributed by atoms with E-state index in [1.807, 2.05) is 6.92 Å². The number of anilines is 1. The SMILES string of the molecule is CCC(NC(=O)CSC(C)C(=O)Nc1cc(C)on1)c1ccccc1OC(F)F. The number of para-hydroxylation sites is 1. The van der Waals surface area contributed by atoms with Crippen LogP contribution < -0.4 is 15.4 Å². The van der Waals surface area contributed by atoms with Gasteiger partial charge >= 0.3 is 6.61 Å². The fourth-order valence-electron chi connectivity index (χ4n) is 2.54. The van der Waals surface area contributed by atoms with E-state index in [9.17, 15) is 18.4 Å². The van der Waals surface area contributed by atoms with Crippen LogP contribution in [-0.4, -0.2) is 34.6 Å². The Morgan fingerprint density at radius 2 is 2.03 bits per heavy atom. The topological polar surface area (TPSA) is 93.5 Å². The van der Waals surface area contributed by atoms with Gasteiger partial charge in [0, 0.05) is 11.6 Å². The normalized spacial score (nSPS) is 13.0. The molecule has 0 spiro atoms. The van der Waals surface area contributed by atoms with Crippen LogP contribution in [-0.2, 0) is 9.59 Å². The van der Waals surface area contributed by atoms with Gasteiger partial charge in [-0.1, -0.05) is 30.3 Å². The average Bonchev–Trinajstić information content (AvgIpc) is 3.09. The third-order valence-electron chi connectivity index (χ3n) is 3.97. The number of aromatic nitrogens is 1. The van der Waals surface area contributed by atoms with Gasteiger partial charge < -0.3 is 19.9 Å². The van der Waals surface area contributed by atoms with Gasteiger partial charge in [-0.2, -0.15) is 8.78 Å². The Labute approximate surface area is 171 Å². The summed E-state index contributed by atoms with van der Waals surface area (Å²) in [6, 6.07) is 7.45. The zero-order valence-electron chi connectivity index (χ0n) is 16.3. The van der Waals surface area contributed by atoms with E-state index in [2.05, 4.69) is 20.5 Å². The first-order valence-corrected chi connectivity index (χ1v) is 10.0. The van der Waals surface area contributed by atoms with Crippen LogP contribution >= 0.6 is 11.8 Å². The van der Waals surface area contributed by atoms with E-state index < -0.39 is 17.9 Å². The van der Waals surface area contributed by atoms with Crippen LogP contribution in [0.3, 0.4) is 0 Å². The van der Waals surface area contributed by atoms with Gasteiger partial charge in [-0.3, -0.25) is 9.59 Å². The molecule has 1 aromatic carbocycles. The molecule has 2 rings (SSSR count). The van der Waals surface area contributed by atoms with Crippen molar-refractivity contribution in [2.45, 2.75) is 45.1 Å². The number of hydrogen-bond acceptors (Lipinski definition) is 6. The summed E-state index contributed by atoms with van der Waals surface area (Å²) in [7, 11) is 0. The molecule has 2 N–H and O–H groups in total. The van der Waals surface area contributed by atoms with E-state index in [-0.39, 0.29) is 23.3 Å². The minimum atomic E-state index is -2.95. The standard InChI is InChI=1S/C19H23F2N3O4S/c1-4-14(13-7-5-6-8-15(13)27-19(20)21)22-17(25)10-29-12(3)18(26)23-16-9-11(2)28-24-16/h5-9,12,14,19H,4,10H2,1-3H3,(H,22,25)(H,23,24,26). The van der Waals surface area contributed by atoms with E-state index in [4.69, 9.17) is 4.52 Å². The number of nitrogens with zero attached hydrogens (tertiary/aromatic N) is 1. The molecule has 1 heterocycles. The molecule has 0 saturated heterocycles. The van der Waals surface area contributed by atoms with Gasteiger partial charge in [0.2, 0.25) is 11.8 Å². The Balaban J connectivity index is 1.89. The monoisotopic (exact) mass is 427 g/mol. The number of thioether (sulfide) groups is 1. The zero-order valence-corrected chi connectivity index (χ0v) is 17.1. The Hall–Kier alpha value is -2.62. The lowest BCUT2D eigenvalue weighted by Crippen LogP contribution is -2.31. The van der Waals surface area contributed by atoms with Crippen LogP contribution in [0.15, 0.2) is 34.9 Å². The van der Waals surface area contributed by atoms with Gasteiger partial charge in [0.1, 0.15) is 11.5 Å². The van der Waals surface area contributed by atoms with Crippen molar-refractivity contribution in [3.63, 3.8) is 0 Å². The molecular weight excluding hydrogens is 404 g/mol.